The van der Waals surface area contributed by atoms with E-state index in [4.69, 9.17) is 0 Å². The van der Waals surface area contributed by atoms with Gasteiger partial charge in [0.2, 0.25) is 0 Å². The Morgan fingerprint density at radius 2 is 1.52 bits per heavy atom. The molecule has 1 amide bonds. The number of benzene rings is 3. The van der Waals surface area contributed by atoms with Crippen molar-refractivity contribution in [2.45, 2.75) is 33.5 Å². The van der Waals surface area contributed by atoms with Gasteiger partial charge in [0.15, 0.2) is 0 Å². The summed E-state index contributed by atoms with van der Waals surface area (Å²) in [5.74, 6) is 0.0781. The van der Waals surface area contributed by atoms with Crippen LogP contribution >= 0.6 is 0 Å². The first-order chi connectivity index (χ1) is 13.0. The molecular formula is C24H24N2O. The number of rotatable bonds is 4. The molecule has 1 aliphatic rings. The van der Waals surface area contributed by atoms with Gasteiger partial charge in [0.1, 0.15) is 6.17 Å². The van der Waals surface area contributed by atoms with Crippen molar-refractivity contribution in [1.29, 1.82) is 0 Å². The van der Waals surface area contributed by atoms with Crippen LogP contribution in [0, 0.1) is 20.8 Å². The molecule has 1 N–H and O–H groups in total. The lowest BCUT2D eigenvalue weighted by Gasteiger charge is -2.29. The maximum Gasteiger partial charge on any atom is 0.256 e. The van der Waals surface area contributed by atoms with Crippen molar-refractivity contribution in [3.63, 3.8) is 0 Å². The molecule has 136 valence electrons. The van der Waals surface area contributed by atoms with Crippen molar-refractivity contribution in [3.8, 4) is 0 Å². The standard InChI is InChI=1S/C24H24N2O/c1-16-13-17(2)22(18(3)14-16)25-23-20-11-7-8-12-21(20)24(27)26(23)15-19-9-5-4-6-10-19/h4-14,23,25H,15H2,1-3H3/t23-/m0/s1. The molecule has 3 heteroatoms. The summed E-state index contributed by atoms with van der Waals surface area (Å²) in [4.78, 5) is 15.0. The van der Waals surface area contributed by atoms with Gasteiger partial charge in [0, 0.05) is 23.4 Å². The molecule has 0 spiro atoms. The minimum atomic E-state index is -0.172. The first kappa shape index (κ1) is 17.3. The van der Waals surface area contributed by atoms with Crippen molar-refractivity contribution in [2.75, 3.05) is 5.32 Å². The van der Waals surface area contributed by atoms with E-state index in [0.29, 0.717) is 6.54 Å². The molecule has 3 aromatic rings. The molecule has 0 aromatic heterocycles. The minimum Gasteiger partial charge on any atom is -0.361 e. The number of anilines is 1. The number of hydrogen-bond donors (Lipinski definition) is 1. The summed E-state index contributed by atoms with van der Waals surface area (Å²) in [6, 6.07) is 22.4. The Morgan fingerprint density at radius 1 is 0.889 bits per heavy atom. The van der Waals surface area contributed by atoms with E-state index in [1.54, 1.807) is 0 Å². The van der Waals surface area contributed by atoms with Gasteiger partial charge >= 0.3 is 0 Å². The van der Waals surface area contributed by atoms with Crippen LogP contribution < -0.4 is 5.32 Å². The number of fused-ring (bicyclic) bond motifs is 1. The van der Waals surface area contributed by atoms with E-state index in [9.17, 15) is 4.79 Å². The fourth-order valence-electron chi connectivity index (χ4n) is 4.01. The van der Waals surface area contributed by atoms with Gasteiger partial charge in [-0.2, -0.15) is 0 Å². The zero-order valence-electron chi connectivity index (χ0n) is 16.0. The highest BCUT2D eigenvalue weighted by Crippen LogP contribution is 2.37. The lowest BCUT2D eigenvalue weighted by atomic mass is 10.0. The van der Waals surface area contributed by atoms with Gasteiger partial charge in [-0.25, -0.2) is 0 Å². The van der Waals surface area contributed by atoms with Crippen LogP contribution in [0.25, 0.3) is 0 Å². The van der Waals surface area contributed by atoms with Crippen LogP contribution in [-0.4, -0.2) is 10.8 Å². The van der Waals surface area contributed by atoms with Gasteiger partial charge in [-0.1, -0.05) is 66.2 Å². The van der Waals surface area contributed by atoms with Crippen molar-refractivity contribution < 1.29 is 4.79 Å². The van der Waals surface area contributed by atoms with Crippen LogP contribution in [0.2, 0.25) is 0 Å². The molecule has 4 rings (SSSR count). The largest absolute Gasteiger partial charge is 0.361 e. The van der Waals surface area contributed by atoms with Crippen LogP contribution in [-0.2, 0) is 6.54 Å². The van der Waals surface area contributed by atoms with E-state index < -0.39 is 0 Å². The Morgan fingerprint density at radius 3 is 2.22 bits per heavy atom. The molecule has 1 atom stereocenters. The molecule has 3 aromatic carbocycles. The second kappa shape index (κ2) is 6.92. The number of nitrogens with one attached hydrogen (secondary N) is 1. The van der Waals surface area contributed by atoms with Crippen molar-refractivity contribution in [1.82, 2.24) is 4.90 Å². The Hall–Kier alpha value is -3.07. The van der Waals surface area contributed by atoms with Crippen molar-refractivity contribution in [3.05, 3.63) is 100 Å². The molecule has 1 heterocycles. The maximum atomic E-state index is 13.1. The Balaban J connectivity index is 1.74. The zero-order valence-corrected chi connectivity index (χ0v) is 16.0. The smallest absolute Gasteiger partial charge is 0.256 e. The zero-order chi connectivity index (χ0) is 19.0. The van der Waals surface area contributed by atoms with Gasteiger partial charge in [-0.15, -0.1) is 0 Å². The number of hydrogen-bond acceptors (Lipinski definition) is 2. The fraction of sp³-hybridized carbons (Fsp3) is 0.208. The average molecular weight is 356 g/mol. The molecule has 1 aliphatic heterocycles. The van der Waals surface area contributed by atoms with E-state index in [1.165, 1.54) is 16.7 Å². The molecule has 0 fully saturated rings. The highest BCUT2D eigenvalue weighted by atomic mass is 16.2. The third-order valence-electron chi connectivity index (χ3n) is 5.21. The minimum absolute atomic E-state index is 0.0781. The number of carbonyl (C=O) groups excluding carboxylic acids is 1. The highest BCUT2D eigenvalue weighted by Gasteiger charge is 2.36. The number of aryl methyl sites for hydroxylation is 3. The predicted octanol–water partition coefficient (Wildman–Crippen LogP) is 5.38. The monoisotopic (exact) mass is 356 g/mol. The molecule has 0 radical (unpaired) electrons. The fourth-order valence-corrected chi connectivity index (χ4v) is 4.01. The number of carbonyl (C=O) groups is 1. The van der Waals surface area contributed by atoms with Crippen LogP contribution in [0.4, 0.5) is 5.69 Å². The maximum absolute atomic E-state index is 13.1. The van der Waals surface area contributed by atoms with Crippen LogP contribution in [0.15, 0.2) is 66.7 Å². The quantitative estimate of drug-likeness (QED) is 0.681. The molecular weight excluding hydrogens is 332 g/mol. The molecule has 27 heavy (non-hydrogen) atoms. The number of amides is 1. The normalized spacial score (nSPS) is 15.7. The lowest BCUT2D eigenvalue weighted by Crippen LogP contribution is -2.32. The average Bonchev–Trinajstić information content (AvgIpc) is 2.91. The summed E-state index contributed by atoms with van der Waals surface area (Å²) >= 11 is 0. The summed E-state index contributed by atoms with van der Waals surface area (Å²) in [5.41, 5.74) is 7.70. The topological polar surface area (TPSA) is 32.3 Å². The Labute approximate surface area is 160 Å². The van der Waals surface area contributed by atoms with Crippen LogP contribution in [0.1, 0.15) is 44.3 Å². The predicted molar refractivity (Wildman–Crippen MR) is 110 cm³/mol. The summed E-state index contributed by atoms with van der Waals surface area (Å²) < 4.78 is 0. The van der Waals surface area contributed by atoms with Gasteiger partial charge in [0.05, 0.1) is 0 Å². The van der Waals surface area contributed by atoms with E-state index in [1.807, 2.05) is 41.3 Å². The molecule has 0 saturated carbocycles. The first-order valence-corrected chi connectivity index (χ1v) is 9.33. The van der Waals surface area contributed by atoms with Gasteiger partial charge < -0.3 is 10.2 Å². The molecule has 0 unspecified atom stereocenters. The van der Waals surface area contributed by atoms with E-state index in [0.717, 1.165) is 22.4 Å². The Bertz CT molecular complexity index is 971. The summed E-state index contributed by atoms with van der Waals surface area (Å²) in [7, 11) is 0. The molecule has 3 nitrogen and oxygen atoms in total. The second-order valence-electron chi connectivity index (χ2n) is 7.33. The highest BCUT2D eigenvalue weighted by molar-refractivity contribution is 5.99. The van der Waals surface area contributed by atoms with Crippen molar-refractivity contribution in [2.24, 2.45) is 0 Å². The van der Waals surface area contributed by atoms with Crippen LogP contribution in [0.3, 0.4) is 0 Å². The van der Waals surface area contributed by atoms with Crippen LogP contribution in [0.5, 0.6) is 0 Å². The lowest BCUT2D eigenvalue weighted by molar-refractivity contribution is 0.0728. The third kappa shape index (κ3) is 3.21. The van der Waals surface area contributed by atoms with Gasteiger partial charge in [0.25, 0.3) is 5.91 Å². The molecule has 0 aliphatic carbocycles. The SMILES string of the molecule is Cc1cc(C)c(N[C@@H]2c3ccccc3C(=O)N2Cc2ccccc2)c(C)c1. The Kier molecular flexibility index (Phi) is 4.44. The second-order valence-corrected chi connectivity index (χ2v) is 7.33. The third-order valence-corrected chi connectivity index (χ3v) is 5.21. The van der Waals surface area contributed by atoms with E-state index >= 15 is 0 Å². The number of nitrogens with zero attached hydrogens (tertiary/aromatic N) is 1. The van der Waals surface area contributed by atoms with Gasteiger partial charge in [-0.3, -0.25) is 4.79 Å². The molecule has 0 bridgehead atoms. The van der Waals surface area contributed by atoms with E-state index in [2.05, 4.69) is 56.4 Å². The summed E-state index contributed by atoms with van der Waals surface area (Å²) in [5, 5.41) is 3.67. The molecule has 0 saturated heterocycles. The van der Waals surface area contributed by atoms with Gasteiger partial charge in [-0.05, 0) is 43.5 Å². The van der Waals surface area contributed by atoms with E-state index in [-0.39, 0.29) is 12.1 Å². The summed E-state index contributed by atoms with van der Waals surface area (Å²) in [6.45, 7) is 6.93. The van der Waals surface area contributed by atoms with Crippen molar-refractivity contribution >= 4 is 11.6 Å². The first-order valence-electron chi connectivity index (χ1n) is 9.33. The summed E-state index contributed by atoms with van der Waals surface area (Å²) in [6.07, 6.45) is -0.172.